The van der Waals surface area contributed by atoms with Crippen molar-refractivity contribution in [3.8, 4) is 0 Å². The quantitative estimate of drug-likeness (QED) is 0.782. The van der Waals surface area contributed by atoms with Crippen molar-refractivity contribution in [3.05, 3.63) is 20.8 Å². The molecule has 22 heavy (non-hydrogen) atoms. The summed E-state index contributed by atoms with van der Waals surface area (Å²) in [6.07, 6.45) is 3.15. The average molecular weight is 411 g/mol. The van der Waals surface area contributed by atoms with Crippen molar-refractivity contribution in [2.45, 2.75) is 25.3 Å². The Labute approximate surface area is 149 Å². The number of nitrogens with zero attached hydrogens (tertiary/aromatic N) is 1. The Bertz CT molecular complexity index is 526. The third-order valence-corrected chi connectivity index (χ3v) is 5.43. The van der Waals surface area contributed by atoms with Crippen LogP contribution in [0.25, 0.3) is 0 Å². The van der Waals surface area contributed by atoms with Crippen LogP contribution in [0.5, 0.6) is 0 Å². The van der Waals surface area contributed by atoms with Gasteiger partial charge in [0.2, 0.25) is 5.91 Å². The summed E-state index contributed by atoms with van der Waals surface area (Å²) in [5, 5.41) is 3.00. The molecule has 2 unspecified atom stereocenters. The lowest BCUT2D eigenvalue weighted by Crippen LogP contribution is -2.45. The highest BCUT2D eigenvalue weighted by Gasteiger charge is 2.28. The molecule has 8 heteroatoms. The molecule has 0 saturated heterocycles. The largest absolute Gasteiger partial charge is 0.352 e. The van der Waals surface area contributed by atoms with Crippen molar-refractivity contribution in [1.29, 1.82) is 0 Å². The molecule has 1 aliphatic carbocycles. The van der Waals surface area contributed by atoms with Crippen LogP contribution < -0.4 is 11.1 Å². The Morgan fingerprint density at radius 2 is 2.18 bits per heavy atom. The highest BCUT2D eigenvalue weighted by molar-refractivity contribution is 9.11. The van der Waals surface area contributed by atoms with E-state index in [0.29, 0.717) is 17.3 Å². The molecule has 5 nitrogen and oxygen atoms in total. The third-order valence-electron chi connectivity index (χ3n) is 3.82. The maximum atomic E-state index is 12.2. The lowest BCUT2D eigenvalue weighted by molar-refractivity contribution is -0.122. The maximum Gasteiger partial charge on any atom is 0.264 e. The molecule has 2 atom stereocenters. The van der Waals surface area contributed by atoms with Crippen molar-refractivity contribution < 1.29 is 9.59 Å². The number of nitrogens with one attached hydrogen (secondary N) is 1. The van der Waals surface area contributed by atoms with E-state index in [1.165, 1.54) is 16.2 Å². The first-order valence-corrected chi connectivity index (χ1v) is 8.62. The summed E-state index contributed by atoms with van der Waals surface area (Å²) in [7, 11) is 1.64. The minimum atomic E-state index is -0.136. The fraction of sp³-hybridized carbons (Fsp3) is 0.571. The second kappa shape index (κ2) is 8.86. The van der Waals surface area contributed by atoms with Gasteiger partial charge in [-0.05, 0) is 53.4 Å². The van der Waals surface area contributed by atoms with Gasteiger partial charge in [-0.3, -0.25) is 9.59 Å². The molecule has 0 radical (unpaired) electrons. The van der Waals surface area contributed by atoms with Crippen molar-refractivity contribution in [2.75, 3.05) is 20.1 Å². The van der Waals surface area contributed by atoms with Crippen LogP contribution in [0, 0.1) is 5.92 Å². The number of likely N-dealkylation sites (N-methyl/N-ethyl adjacent to an activating group) is 1. The number of hydrogen-bond donors (Lipinski definition) is 2. The van der Waals surface area contributed by atoms with Gasteiger partial charge in [0.15, 0.2) is 0 Å². The van der Waals surface area contributed by atoms with Crippen molar-refractivity contribution in [2.24, 2.45) is 11.7 Å². The lowest BCUT2D eigenvalue weighted by Gasteiger charge is -2.22. The van der Waals surface area contributed by atoms with Crippen LogP contribution in [0.1, 0.15) is 28.9 Å². The Kier molecular flexibility index (Phi) is 7.82. The number of carbonyl (C=O) groups is 2. The number of halogens is 2. The molecule has 0 aromatic carbocycles. The van der Waals surface area contributed by atoms with E-state index < -0.39 is 0 Å². The fourth-order valence-electron chi connectivity index (χ4n) is 2.67. The van der Waals surface area contributed by atoms with E-state index in [-0.39, 0.29) is 36.8 Å². The molecule has 1 aliphatic rings. The maximum absolute atomic E-state index is 12.2. The highest BCUT2D eigenvalue weighted by atomic mass is 79.9. The summed E-state index contributed by atoms with van der Waals surface area (Å²) in [5.74, 6) is 0.109. The molecule has 1 saturated carbocycles. The third kappa shape index (κ3) is 4.94. The molecule has 1 aromatic rings. The molecule has 0 bridgehead atoms. The van der Waals surface area contributed by atoms with Crippen LogP contribution in [0.2, 0.25) is 0 Å². The summed E-state index contributed by atoms with van der Waals surface area (Å²) in [6.45, 7) is 0.672. The van der Waals surface area contributed by atoms with E-state index in [1.54, 1.807) is 13.1 Å². The number of carbonyl (C=O) groups excluding carboxylic acids is 2. The molecular weight excluding hydrogens is 390 g/mol. The van der Waals surface area contributed by atoms with Crippen molar-refractivity contribution in [3.63, 3.8) is 0 Å². The molecule has 2 amide bonds. The Morgan fingerprint density at radius 3 is 2.77 bits per heavy atom. The molecule has 1 aromatic heterocycles. The van der Waals surface area contributed by atoms with Crippen molar-refractivity contribution in [1.82, 2.24) is 10.2 Å². The first-order chi connectivity index (χ1) is 10.0. The number of hydrogen-bond acceptors (Lipinski definition) is 4. The zero-order valence-electron chi connectivity index (χ0n) is 12.4. The van der Waals surface area contributed by atoms with Crippen LogP contribution in [-0.2, 0) is 4.79 Å². The van der Waals surface area contributed by atoms with Gasteiger partial charge in [0, 0.05) is 13.1 Å². The smallest absolute Gasteiger partial charge is 0.264 e. The number of rotatable bonds is 5. The first-order valence-electron chi connectivity index (χ1n) is 7.01. The van der Waals surface area contributed by atoms with E-state index in [1.807, 2.05) is 6.07 Å². The van der Waals surface area contributed by atoms with Gasteiger partial charge in [0.25, 0.3) is 5.91 Å². The van der Waals surface area contributed by atoms with E-state index in [4.69, 9.17) is 5.73 Å². The molecule has 1 heterocycles. The predicted octanol–water partition coefficient (Wildman–Crippen LogP) is 2.25. The average Bonchev–Trinajstić information content (AvgIpc) is 3.06. The van der Waals surface area contributed by atoms with Crippen molar-refractivity contribution >= 4 is 51.5 Å². The van der Waals surface area contributed by atoms with Gasteiger partial charge in [0.1, 0.15) is 0 Å². The van der Waals surface area contributed by atoms with Crippen LogP contribution in [-0.4, -0.2) is 42.9 Å². The molecule has 124 valence electrons. The second-order valence-corrected chi connectivity index (χ2v) is 7.83. The summed E-state index contributed by atoms with van der Waals surface area (Å²) >= 11 is 4.70. The SMILES string of the molecule is CN(CC(=O)NC1CCCC1CN)C(=O)c1ccc(Br)s1.Cl. The number of amides is 2. The fourth-order valence-corrected chi connectivity index (χ4v) is 4.05. The van der Waals surface area contributed by atoms with E-state index >= 15 is 0 Å². The second-order valence-electron chi connectivity index (χ2n) is 5.37. The van der Waals surface area contributed by atoms with Crippen LogP contribution >= 0.6 is 39.7 Å². The lowest BCUT2D eigenvalue weighted by atomic mass is 10.0. The summed E-state index contributed by atoms with van der Waals surface area (Å²) in [6, 6.07) is 3.74. The summed E-state index contributed by atoms with van der Waals surface area (Å²) in [5.41, 5.74) is 5.71. The zero-order chi connectivity index (χ0) is 15.4. The van der Waals surface area contributed by atoms with E-state index in [9.17, 15) is 9.59 Å². The van der Waals surface area contributed by atoms with Crippen LogP contribution in [0.15, 0.2) is 15.9 Å². The Balaban J connectivity index is 0.00000242. The first kappa shape index (κ1) is 19.4. The minimum Gasteiger partial charge on any atom is -0.352 e. The van der Waals surface area contributed by atoms with Gasteiger partial charge in [0.05, 0.1) is 15.2 Å². The molecular formula is C14H21BrClN3O2S. The number of nitrogens with two attached hydrogens (primary N) is 1. The monoisotopic (exact) mass is 409 g/mol. The van der Waals surface area contributed by atoms with Gasteiger partial charge < -0.3 is 16.0 Å². The molecule has 2 rings (SSSR count). The molecule has 3 N–H and O–H groups in total. The van der Waals surface area contributed by atoms with Gasteiger partial charge in [-0.1, -0.05) is 6.42 Å². The van der Waals surface area contributed by atoms with Gasteiger partial charge in [-0.25, -0.2) is 0 Å². The molecule has 0 aliphatic heterocycles. The minimum absolute atomic E-state index is 0. The van der Waals surface area contributed by atoms with E-state index in [2.05, 4.69) is 21.2 Å². The summed E-state index contributed by atoms with van der Waals surface area (Å²) in [4.78, 5) is 26.3. The highest BCUT2D eigenvalue weighted by Crippen LogP contribution is 2.25. The normalized spacial score (nSPS) is 20.3. The summed E-state index contributed by atoms with van der Waals surface area (Å²) < 4.78 is 0.903. The van der Waals surface area contributed by atoms with Crippen LogP contribution in [0.4, 0.5) is 0 Å². The van der Waals surface area contributed by atoms with Crippen LogP contribution in [0.3, 0.4) is 0 Å². The topological polar surface area (TPSA) is 75.4 Å². The molecule has 0 spiro atoms. The predicted molar refractivity (Wildman–Crippen MR) is 94.6 cm³/mol. The number of thiophene rings is 1. The van der Waals surface area contributed by atoms with E-state index in [0.717, 1.165) is 23.0 Å². The van der Waals surface area contributed by atoms with Gasteiger partial charge >= 0.3 is 0 Å². The molecule has 1 fully saturated rings. The standard InChI is InChI=1S/C14H20BrN3O2S.ClH/c1-18(14(20)11-5-6-12(15)21-11)8-13(19)17-10-4-2-3-9(10)7-16;/h5-6,9-10H,2-4,7-8,16H2,1H3,(H,17,19);1H. The van der Waals surface area contributed by atoms with Gasteiger partial charge in [-0.15, -0.1) is 23.7 Å². The Hall–Kier alpha value is -0.630. The van der Waals surface area contributed by atoms with Gasteiger partial charge in [-0.2, -0.15) is 0 Å². The Morgan fingerprint density at radius 1 is 1.45 bits per heavy atom. The zero-order valence-corrected chi connectivity index (χ0v) is 15.6.